The largest absolute Gasteiger partial charge is 0.496 e. The molecule has 0 saturated carbocycles. The van der Waals surface area contributed by atoms with Gasteiger partial charge in [0.2, 0.25) is 11.8 Å². The SMILES string of the molecule is COc1ccc2ccccc2c1CNC(=O)C[C@H]1C(=O)NCCN1C(C)C. The molecule has 1 atom stereocenters. The van der Waals surface area contributed by atoms with Gasteiger partial charge in [0.05, 0.1) is 19.6 Å². The van der Waals surface area contributed by atoms with Crippen LogP contribution in [0.3, 0.4) is 0 Å². The summed E-state index contributed by atoms with van der Waals surface area (Å²) in [5.41, 5.74) is 0.942. The third-order valence-corrected chi connectivity index (χ3v) is 5.09. The van der Waals surface area contributed by atoms with Crippen LogP contribution in [-0.2, 0) is 16.1 Å². The van der Waals surface area contributed by atoms with Gasteiger partial charge in [-0.1, -0.05) is 30.3 Å². The number of benzene rings is 2. The first-order valence-electron chi connectivity index (χ1n) is 9.36. The molecule has 2 amide bonds. The smallest absolute Gasteiger partial charge is 0.237 e. The van der Waals surface area contributed by atoms with Gasteiger partial charge in [0.1, 0.15) is 5.75 Å². The van der Waals surface area contributed by atoms with Crippen LogP contribution in [0.15, 0.2) is 36.4 Å². The molecule has 0 aromatic heterocycles. The van der Waals surface area contributed by atoms with E-state index in [4.69, 9.17) is 4.74 Å². The zero-order valence-electron chi connectivity index (χ0n) is 16.1. The highest BCUT2D eigenvalue weighted by Crippen LogP contribution is 2.27. The Balaban J connectivity index is 1.72. The van der Waals surface area contributed by atoms with Gasteiger partial charge in [0, 0.05) is 31.2 Å². The summed E-state index contributed by atoms with van der Waals surface area (Å²) in [7, 11) is 1.63. The van der Waals surface area contributed by atoms with E-state index in [0.717, 1.165) is 28.6 Å². The van der Waals surface area contributed by atoms with E-state index >= 15 is 0 Å². The molecule has 27 heavy (non-hydrogen) atoms. The summed E-state index contributed by atoms with van der Waals surface area (Å²) in [5.74, 6) is 0.527. The minimum absolute atomic E-state index is 0.0761. The Morgan fingerprint density at radius 3 is 2.81 bits per heavy atom. The number of methoxy groups -OCH3 is 1. The Labute approximate surface area is 159 Å². The molecule has 0 unspecified atom stereocenters. The molecule has 2 aromatic carbocycles. The zero-order valence-corrected chi connectivity index (χ0v) is 16.1. The van der Waals surface area contributed by atoms with Crippen molar-refractivity contribution >= 4 is 22.6 Å². The topological polar surface area (TPSA) is 70.7 Å². The van der Waals surface area contributed by atoms with Gasteiger partial charge in [0.25, 0.3) is 0 Å². The van der Waals surface area contributed by atoms with Crippen LogP contribution in [-0.4, -0.2) is 49.0 Å². The van der Waals surface area contributed by atoms with Crippen molar-refractivity contribution in [3.8, 4) is 5.75 Å². The molecule has 3 rings (SSSR count). The molecule has 0 radical (unpaired) electrons. The molecule has 1 heterocycles. The summed E-state index contributed by atoms with van der Waals surface area (Å²) in [5, 5.41) is 7.98. The van der Waals surface area contributed by atoms with Crippen LogP contribution in [0.4, 0.5) is 0 Å². The van der Waals surface area contributed by atoms with Gasteiger partial charge < -0.3 is 15.4 Å². The average molecular weight is 369 g/mol. The van der Waals surface area contributed by atoms with Gasteiger partial charge >= 0.3 is 0 Å². The van der Waals surface area contributed by atoms with Crippen LogP contribution in [0.25, 0.3) is 10.8 Å². The maximum absolute atomic E-state index is 12.6. The average Bonchev–Trinajstić information content (AvgIpc) is 2.67. The molecule has 1 saturated heterocycles. The lowest BCUT2D eigenvalue weighted by Crippen LogP contribution is -2.58. The van der Waals surface area contributed by atoms with Gasteiger partial charge in [-0.05, 0) is 30.7 Å². The number of carbonyl (C=O) groups is 2. The number of carbonyl (C=O) groups excluding carboxylic acids is 2. The van der Waals surface area contributed by atoms with Crippen molar-refractivity contribution in [2.24, 2.45) is 0 Å². The van der Waals surface area contributed by atoms with Crippen LogP contribution in [0.5, 0.6) is 5.75 Å². The van der Waals surface area contributed by atoms with E-state index in [9.17, 15) is 9.59 Å². The van der Waals surface area contributed by atoms with Crippen LogP contribution in [0, 0.1) is 0 Å². The molecule has 1 fully saturated rings. The number of fused-ring (bicyclic) bond motifs is 1. The summed E-state index contributed by atoms with van der Waals surface area (Å²) in [4.78, 5) is 26.9. The van der Waals surface area contributed by atoms with Crippen LogP contribution >= 0.6 is 0 Å². The van der Waals surface area contributed by atoms with Crippen LogP contribution in [0.1, 0.15) is 25.8 Å². The Kier molecular flexibility index (Phi) is 5.96. The molecule has 0 aliphatic carbocycles. The van der Waals surface area contributed by atoms with Gasteiger partial charge in [-0.2, -0.15) is 0 Å². The van der Waals surface area contributed by atoms with Gasteiger partial charge in [-0.15, -0.1) is 0 Å². The first-order chi connectivity index (χ1) is 13.0. The molecule has 144 valence electrons. The molecule has 1 aliphatic heterocycles. The van der Waals surface area contributed by atoms with E-state index in [-0.39, 0.29) is 24.3 Å². The lowest BCUT2D eigenvalue weighted by atomic mass is 10.0. The lowest BCUT2D eigenvalue weighted by molar-refractivity contribution is -0.134. The van der Waals surface area contributed by atoms with E-state index in [0.29, 0.717) is 13.1 Å². The van der Waals surface area contributed by atoms with Gasteiger partial charge in [0.15, 0.2) is 0 Å². The summed E-state index contributed by atoms with van der Waals surface area (Å²) in [6, 6.07) is 11.7. The van der Waals surface area contributed by atoms with Crippen molar-refractivity contribution in [1.82, 2.24) is 15.5 Å². The minimum Gasteiger partial charge on any atom is -0.496 e. The van der Waals surface area contributed by atoms with Crippen molar-refractivity contribution in [1.29, 1.82) is 0 Å². The van der Waals surface area contributed by atoms with Gasteiger partial charge in [-0.25, -0.2) is 0 Å². The molecular weight excluding hydrogens is 342 g/mol. The monoisotopic (exact) mass is 369 g/mol. The predicted molar refractivity (Wildman–Crippen MR) is 106 cm³/mol. The van der Waals surface area contributed by atoms with Gasteiger partial charge in [-0.3, -0.25) is 14.5 Å². The number of hydrogen-bond donors (Lipinski definition) is 2. The summed E-state index contributed by atoms with van der Waals surface area (Å²) in [6.45, 7) is 5.84. The van der Waals surface area contributed by atoms with E-state index in [1.807, 2.05) is 50.2 Å². The Bertz CT molecular complexity index is 835. The van der Waals surface area contributed by atoms with Crippen LogP contribution < -0.4 is 15.4 Å². The number of amides is 2. The normalized spacial score (nSPS) is 17.8. The van der Waals surface area contributed by atoms with Crippen LogP contribution in [0.2, 0.25) is 0 Å². The highest BCUT2D eigenvalue weighted by atomic mass is 16.5. The maximum Gasteiger partial charge on any atom is 0.237 e. The molecule has 0 bridgehead atoms. The Hall–Kier alpha value is -2.60. The van der Waals surface area contributed by atoms with E-state index < -0.39 is 6.04 Å². The number of rotatable bonds is 6. The number of ether oxygens (including phenoxy) is 1. The second-order valence-electron chi connectivity index (χ2n) is 7.09. The van der Waals surface area contributed by atoms with E-state index in [1.54, 1.807) is 7.11 Å². The number of nitrogens with zero attached hydrogens (tertiary/aromatic N) is 1. The highest BCUT2D eigenvalue weighted by Gasteiger charge is 2.32. The zero-order chi connectivity index (χ0) is 19.4. The second kappa shape index (κ2) is 8.39. The molecule has 6 heteroatoms. The predicted octanol–water partition coefficient (Wildman–Crippen LogP) is 2.06. The number of hydrogen-bond acceptors (Lipinski definition) is 4. The Morgan fingerprint density at radius 1 is 1.30 bits per heavy atom. The molecule has 6 nitrogen and oxygen atoms in total. The highest BCUT2D eigenvalue weighted by molar-refractivity contribution is 5.90. The fraction of sp³-hybridized carbons (Fsp3) is 0.429. The Morgan fingerprint density at radius 2 is 2.07 bits per heavy atom. The summed E-state index contributed by atoms with van der Waals surface area (Å²) < 4.78 is 5.48. The first kappa shape index (κ1) is 19.2. The molecule has 2 N–H and O–H groups in total. The van der Waals surface area contributed by atoms with E-state index in [2.05, 4.69) is 15.5 Å². The standard InChI is InChI=1S/C21H27N3O3/c1-14(2)24-11-10-22-21(26)18(24)12-20(25)23-13-17-16-7-5-4-6-15(16)8-9-19(17)27-3/h4-9,14,18H,10-13H2,1-3H3,(H,22,26)(H,23,25)/t18-/m0/s1. The number of piperazine rings is 1. The summed E-state index contributed by atoms with van der Waals surface area (Å²) in [6.07, 6.45) is 0.150. The third kappa shape index (κ3) is 4.22. The fourth-order valence-electron chi connectivity index (χ4n) is 3.68. The third-order valence-electron chi connectivity index (χ3n) is 5.09. The second-order valence-corrected chi connectivity index (χ2v) is 7.09. The van der Waals surface area contributed by atoms with Crippen molar-refractivity contribution in [2.45, 2.75) is 38.9 Å². The molecular formula is C21H27N3O3. The van der Waals surface area contributed by atoms with Crippen molar-refractivity contribution in [3.63, 3.8) is 0 Å². The minimum atomic E-state index is -0.423. The summed E-state index contributed by atoms with van der Waals surface area (Å²) >= 11 is 0. The fourth-order valence-corrected chi connectivity index (χ4v) is 3.68. The van der Waals surface area contributed by atoms with Crippen molar-refractivity contribution < 1.29 is 14.3 Å². The number of nitrogens with one attached hydrogen (secondary N) is 2. The lowest BCUT2D eigenvalue weighted by Gasteiger charge is -2.37. The first-order valence-corrected chi connectivity index (χ1v) is 9.36. The van der Waals surface area contributed by atoms with Crippen molar-refractivity contribution in [3.05, 3.63) is 42.0 Å². The maximum atomic E-state index is 12.6. The van der Waals surface area contributed by atoms with Crippen molar-refractivity contribution in [2.75, 3.05) is 20.2 Å². The quantitative estimate of drug-likeness (QED) is 0.818. The molecule has 1 aliphatic rings. The molecule has 0 spiro atoms. The molecule has 2 aromatic rings. The van der Waals surface area contributed by atoms with E-state index in [1.165, 1.54) is 0 Å².